The largest absolute Gasteiger partial charge is 0.493 e. The van der Waals surface area contributed by atoms with Gasteiger partial charge in [-0.15, -0.1) is 0 Å². The zero-order valence-electron chi connectivity index (χ0n) is 8.12. The van der Waals surface area contributed by atoms with E-state index in [9.17, 15) is 0 Å². The number of rotatable bonds is 4. The van der Waals surface area contributed by atoms with Gasteiger partial charge >= 0.3 is 0 Å². The van der Waals surface area contributed by atoms with Crippen molar-refractivity contribution >= 4 is 5.69 Å². The zero-order chi connectivity index (χ0) is 9.80. The first-order chi connectivity index (χ1) is 6.92. The van der Waals surface area contributed by atoms with Crippen LogP contribution in [0, 0.1) is 0 Å². The van der Waals surface area contributed by atoms with Crippen LogP contribution < -0.4 is 10.1 Å². The summed E-state index contributed by atoms with van der Waals surface area (Å²) in [5.41, 5.74) is 2.46. The maximum absolute atomic E-state index is 8.65. The van der Waals surface area contributed by atoms with E-state index in [4.69, 9.17) is 9.84 Å². The Labute approximate surface area is 83.7 Å². The lowest BCUT2D eigenvalue weighted by molar-refractivity contribution is 0.233. The Hall–Kier alpha value is -1.22. The Morgan fingerprint density at radius 1 is 1.43 bits per heavy atom. The van der Waals surface area contributed by atoms with Gasteiger partial charge in [0.15, 0.2) is 0 Å². The predicted octanol–water partition coefficient (Wildman–Crippen LogP) is 1.42. The van der Waals surface area contributed by atoms with E-state index in [1.54, 1.807) is 0 Å². The van der Waals surface area contributed by atoms with Crippen LogP contribution in [0.1, 0.15) is 12.0 Å². The maximum Gasteiger partial charge on any atom is 0.124 e. The molecular weight excluding hydrogens is 178 g/mol. The third-order valence-electron chi connectivity index (χ3n) is 2.38. The van der Waals surface area contributed by atoms with Crippen molar-refractivity contribution in [3.8, 4) is 5.75 Å². The molecule has 3 heteroatoms. The molecule has 0 aromatic heterocycles. The van der Waals surface area contributed by atoms with Crippen molar-refractivity contribution in [3.63, 3.8) is 0 Å². The fourth-order valence-electron chi connectivity index (χ4n) is 1.69. The van der Waals surface area contributed by atoms with Gasteiger partial charge in [-0.1, -0.05) is 6.07 Å². The summed E-state index contributed by atoms with van der Waals surface area (Å²) in [5, 5.41) is 11.9. The molecule has 0 bridgehead atoms. The number of aliphatic hydroxyl groups is 1. The van der Waals surface area contributed by atoms with Gasteiger partial charge in [0.05, 0.1) is 6.61 Å². The standard InChI is InChI=1S/C11H15NO2/c13-7-2-8-14-11-4-1-3-10-9(11)5-6-12-10/h1,3-4,12-13H,2,5-8H2. The molecule has 1 aliphatic rings. The first-order valence-electron chi connectivity index (χ1n) is 5.01. The number of ether oxygens (including phenoxy) is 1. The SMILES string of the molecule is OCCCOc1cccc2c1CCN2. The molecule has 0 amide bonds. The van der Waals surface area contributed by atoms with E-state index in [-0.39, 0.29) is 6.61 Å². The van der Waals surface area contributed by atoms with Gasteiger partial charge in [0.25, 0.3) is 0 Å². The number of fused-ring (bicyclic) bond motifs is 1. The number of aliphatic hydroxyl groups excluding tert-OH is 1. The molecule has 0 atom stereocenters. The van der Waals surface area contributed by atoms with Gasteiger partial charge < -0.3 is 15.2 Å². The van der Waals surface area contributed by atoms with Crippen molar-refractivity contribution in [1.29, 1.82) is 0 Å². The molecule has 3 nitrogen and oxygen atoms in total. The Balaban J connectivity index is 2.06. The van der Waals surface area contributed by atoms with Crippen molar-refractivity contribution in [2.75, 3.05) is 25.1 Å². The van der Waals surface area contributed by atoms with Crippen LogP contribution >= 0.6 is 0 Å². The van der Waals surface area contributed by atoms with E-state index in [2.05, 4.69) is 11.4 Å². The molecular formula is C11H15NO2. The Bertz CT molecular complexity index is 312. The molecule has 0 saturated heterocycles. The Morgan fingerprint density at radius 2 is 2.36 bits per heavy atom. The zero-order valence-corrected chi connectivity index (χ0v) is 8.12. The van der Waals surface area contributed by atoms with Gasteiger partial charge in [-0.2, -0.15) is 0 Å². The normalized spacial score (nSPS) is 13.5. The number of nitrogens with one attached hydrogen (secondary N) is 1. The lowest BCUT2D eigenvalue weighted by atomic mass is 10.1. The van der Waals surface area contributed by atoms with Crippen molar-refractivity contribution < 1.29 is 9.84 Å². The number of benzene rings is 1. The highest BCUT2D eigenvalue weighted by Crippen LogP contribution is 2.30. The molecule has 0 radical (unpaired) electrons. The summed E-state index contributed by atoms with van der Waals surface area (Å²) in [7, 11) is 0. The summed E-state index contributed by atoms with van der Waals surface area (Å²) in [6.45, 7) is 1.77. The van der Waals surface area contributed by atoms with E-state index >= 15 is 0 Å². The molecule has 0 saturated carbocycles. The first kappa shape index (κ1) is 9.34. The first-order valence-corrected chi connectivity index (χ1v) is 5.01. The molecule has 2 N–H and O–H groups in total. The van der Waals surface area contributed by atoms with Crippen molar-refractivity contribution in [2.45, 2.75) is 12.8 Å². The molecule has 1 heterocycles. The summed E-state index contributed by atoms with van der Waals surface area (Å²) >= 11 is 0. The second kappa shape index (κ2) is 4.33. The van der Waals surface area contributed by atoms with Crippen LogP contribution in [-0.4, -0.2) is 24.9 Å². The van der Waals surface area contributed by atoms with Gasteiger partial charge in [0.2, 0.25) is 0 Å². The number of hydrogen-bond acceptors (Lipinski definition) is 3. The fraction of sp³-hybridized carbons (Fsp3) is 0.455. The van der Waals surface area contributed by atoms with Crippen LogP contribution in [-0.2, 0) is 6.42 Å². The minimum atomic E-state index is 0.188. The molecule has 1 aromatic carbocycles. The van der Waals surface area contributed by atoms with Crippen molar-refractivity contribution in [1.82, 2.24) is 0 Å². The van der Waals surface area contributed by atoms with E-state index < -0.39 is 0 Å². The highest BCUT2D eigenvalue weighted by molar-refractivity contribution is 5.61. The highest BCUT2D eigenvalue weighted by atomic mass is 16.5. The molecule has 1 aromatic rings. The van der Waals surface area contributed by atoms with Gasteiger partial charge in [-0.05, 0) is 18.6 Å². The summed E-state index contributed by atoms with van der Waals surface area (Å²) in [6, 6.07) is 6.05. The van der Waals surface area contributed by atoms with E-state index in [1.165, 1.54) is 11.3 Å². The molecule has 76 valence electrons. The topological polar surface area (TPSA) is 41.5 Å². The molecule has 0 aliphatic carbocycles. The lowest BCUT2D eigenvalue weighted by Crippen LogP contribution is -2.01. The van der Waals surface area contributed by atoms with Crippen LogP contribution in [0.3, 0.4) is 0 Å². The maximum atomic E-state index is 8.65. The predicted molar refractivity (Wildman–Crippen MR) is 55.8 cm³/mol. The van der Waals surface area contributed by atoms with Crippen molar-refractivity contribution in [2.24, 2.45) is 0 Å². The van der Waals surface area contributed by atoms with E-state index in [1.807, 2.05) is 12.1 Å². The quantitative estimate of drug-likeness (QED) is 0.710. The average Bonchev–Trinajstić information content (AvgIpc) is 2.67. The Kier molecular flexibility index (Phi) is 2.89. The van der Waals surface area contributed by atoms with Gasteiger partial charge in [-0.25, -0.2) is 0 Å². The molecule has 1 aliphatic heterocycles. The third kappa shape index (κ3) is 1.82. The van der Waals surface area contributed by atoms with Gasteiger partial charge in [0.1, 0.15) is 5.75 Å². The third-order valence-corrected chi connectivity index (χ3v) is 2.38. The summed E-state index contributed by atoms with van der Waals surface area (Å²) < 4.78 is 5.59. The van der Waals surface area contributed by atoms with Gasteiger partial charge in [-0.3, -0.25) is 0 Å². The van der Waals surface area contributed by atoms with Crippen LogP contribution in [0.2, 0.25) is 0 Å². The Morgan fingerprint density at radius 3 is 3.21 bits per heavy atom. The highest BCUT2D eigenvalue weighted by Gasteiger charge is 2.14. The minimum Gasteiger partial charge on any atom is -0.493 e. The summed E-state index contributed by atoms with van der Waals surface area (Å²) in [5.74, 6) is 0.959. The van der Waals surface area contributed by atoms with Crippen LogP contribution in [0.25, 0.3) is 0 Å². The second-order valence-corrected chi connectivity index (χ2v) is 3.38. The molecule has 14 heavy (non-hydrogen) atoms. The molecule has 0 spiro atoms. The smallest absolute Gasteiger partial charge is 0.124 e. The van der Waals surface area contributed by atoms with Crippen LogP contribution in [0.15, 0.2) is 18.2 Å². The van der Waals surface area contributed by atoms with E-state index in [0.29, 0.717) is 13.0 Å². The molecule has 0 unspecified atom stereocenters. The molecule has 0 fully saturated rings. The summed E-state index contributed by atoms with van der Waals surface area (Å²) in [6.07, 6.45) is 1.72. The van der Waals surface area contributed by atoms with Gasteiger partial charge in [0, 0.05) is 30.8 Å². The van der Waals surface area contributed by atoms with Crippen LogP contribution in [0.5, 0.6) is 5.75 Å². The fourth-order valence-corrected chi connectivity index (χ4v) is 1.69. The minimum absolute atomic E-state index is 0.188. The lowest BCUT2D eigenvalue weighted by Gasteiger charge is -2.09. The molecule has 2 rings (SSSR count). The monoisotopic (exact) mass is 193 g/mol. The second-order valence-electron chi connectivity index (χ2n) is 3.38. The average molecular weight is 193 g/mol. The van der Waals surface area contributed by atoms with Crippen LogP contribution in [0.4, 0.5) is 5.69 Å². The number of anilines is 1. The summed E-state index contributed by atoms with van der Waals surface area (Å²) in [4.78, 5) is 0. The van der Waals surface area contributed by atoms with E-state index in [0.717, 1.165) is 18.7 Å². The number of hydrogen-bond donors (Lipinski definition) is 2. The van der Waals surface area contributed by atoms with Crippen molar-refractivity contribution in [3.05, 3.63) is 23.8 Å².